The van der Waals surface area contributed by atoms with Gasteiger partial charge >= 0.3 is 0 Å². The van der Waals surface area contributed by atoms with Gasteiger partial charge in [-0.2, -0.15) is 0 Å². The Labute approximate surface area is 264 Å². The number of ether oxygens (including phenoxy) is 3. The van der Waals surface area contributed by atoms with Crippen molar-refractivity contribution in [2.75, 3.05) is 19.7 Å². The molecule has 0 radical (unpaired) electrons. The van der Waals surface area contributed by atoms with Crippen LogP contribution in [0.4, 0.5) is 0 Å². The molecule has 6 saturated carbocycles. The Morgan fingerprint density at radius 3 is 2.52 bits per heavy atom. The number of aliphatic hydroxyl groups excluding tert-OH is 1. The second-order valence-corrected chi connectivity index (χ2v) is 18.0. The number of morpholine rings is 1. The van der Waals surface area contributed by atoms with Crippen LogP contribution in [0.15, 0.2) is 0 Å². The molecule has 1 amide bonds. The average molecular weight is 612 g/mol. The highest BCUT2D eigenvalue weighted by Gasteiger charge is 2.84. The number of nitrogens with zero attached hydrogens (tertiary/aromatic N) is 1. The molecule has 8 aliphatic rings. The maximum absolute atomic E-state index is 12.9. The molecule has 8 rings (SSSR count). The van der Waals surface area contributed by atoms with Crippen molar-refractivity contribution in [1.82, 2.24) is 4.90 Å². The van der Waals surface area contributed by atoms with E-state index in [4.69, 9.17) is 14.2 Å². The number of hydrogen-bond acceptors (Lipinski definition) is 6. The number of carbonyl (C=O) groups is 2. The van der Waals surface area contributed by atoms with Gasteiger partial charge in [0.15, 0.2) is 6.29 Å². The first-order valence-corrected chi connectivity index (χ1v) is 18.2. The Balaban J connectivity index is 1.01. The van der Waals surface area contributed by atoms with Crippen molar-refractivity contribution in [2.45, 2.75) is 142 Å². The second kappa shape index (κ2) is 10.00. The SMILES string of the molecule is C[C@@H]1CC(CC=O)OC2[C@H]1[C@@]1(C)CCC34C[C@@]35CC[C@H](O[C@H]3CN(C(=O)CC6CC6)CCO3)C(C)(C)[C@@H]5CCC4[C@]1(C)[C@H]2O. The van der Waals surface area contributed by atoms with Gasteiger partial charge in [0.25, 0.3) is 0 Å². The third kappa shape index (κ3) is 3.94. The third-order valence-corrected chi connectivity index (χ3v) is 16.0. The van der Waals surface area contributed by atoms with Gasteiger partial charge in [-0.25, -0.2) is 0 Å². The van der Waals surface area contributed by atoms with E-state index >= 15 is 0 Å². The summed E-state index contributed by atoms with van der Waals surface area (Å²) in [5.74, 6) is 2.78. The zero-order valence-corrected chi connectivity index (χ0v) is 27.9. The first-order chi connectivity index (χ1) is 20.9. The lowest BCUT2D eigenvalue weighted by Gasteiger charge is -2.64. The summed E-state index contributed by atoms with van der Waals surface area (Å²) in [4.78, 5) is 26.2. The van der Waals surface area contributed by atoms with Crippen LogP contribution in [-0.4, -0.2) is 72.6 Å². The second-order valence-electron chi connectivity index (χ2n) is 18.0. The molecule has 6 aliphatic carbocycles. The summed E-state index contributed by atoms with van der Waals surface area (Å²) >= 11 is 0. The lowest BCUT2D eigenvalue weighted by Crippen LogP contribution is -2.60. The van der Waals surface area contributed by atoms with Gasteiger partial charge in [0.1, 0.15) is 6.29 Å². The normalized spacial score (nSPS) is 53.9. The van der Waals surface area contributed by atoms with Crippen LogP contribution >= 0.6 is 0 Å². The summed E-state index contributed by atoms with van der Waals surface area (Å²) in [6.45, 7) is 14.0. The van der Waals surface area contributed by atoms with Crippen molar-refractivity contribution in [3.05, 3.63) is 0 Å². The molecule has 7 nitrogen and oxygen atoms in total. The van der Waals surface area contributed by atoms with Crippen molar-refractivity contribution in [3.8, 4) is 0 Å². The van der Waals surface area contributed by atoms with Crippen molar-refractivity contribution >= 4 is 12.2 Å². The predicted molar refractivity (Wildman–Crippen MR) is 165 cm³/mol. The van der Waals surface area contributed by atoms with E-state index in [9.17, 15) is 14.7 Å². The molecule has 0 aromatic carbocycles. The first kappa shape index (κ1) is 30.3. The van der Waals surface area contributed by atoms with Crippen molar-refractivity contribution < 1.29 is 28.9 Å². The van der Waals surface area contributed by atoms with Gasteiger partial charge in [-0.3, -0.25) is 4.79 Å². The largest absolute Gasteiger partial charge is 0.390 e. The quantitative estimate of drug-likeness (QED) is 0.385. The topological polar surface area (TPSA) is 85.3 Å². The van der Waals surface area contributed by atoms with Crippen molar-refractivity contribution in [1.29, 1.82) is 0 Å². The highest BCUT2D eigenvalue weighted by atomic mass is 16.7. The predicted octanol–water partition coefficient (Wildman–Crippen LogP) is 5.76. The molecule has 44 heavy (non-hydrogen) atoms. The maximum Gasteiger partial charge on any atom is 0.223 e. The Morgan fingerprint density at radius 2 is 1.77 bits per heavy atom. The van der Waals surface area contributed by atoms with Gasteiger partial charge in [-0.15, -0.1) is 0 Å². The third-order valence-electron chi connectivity index (χ3n) is 16.0. The van der Waals surface area contributed by atoms with E-state index in [0.29, 0.717) is 73.0 Å². The molecule has 2 spiro atoms. The van der Waals surface area contributed by atoms with Crippen molar-refractivity contribution in [2.24, 2.45) is 56.7 Å². The highest BCUT2D eigenvalue weighted by Crippen LogP contribution is 2.89. The Hall–Kier alpha value is -1.02. The molecule has 246 valence electrons. The Kier molecular flexibility index (Phi) is 6.89. The fraction of sp³-hybridized carbons (Fsp3) is 0.946. The van der Waals surface area contributed by atoms with Crippen LogP contribution in [0.5, 0.6) is 0 Å². The zero-order chi connectivity index (χ0) is 30.9. The van der Waals surface area contributed by atoms with Crippen LogP contribution in [0, 0.1) is 56.7 Å². The lowest BCUT2D eigenvalue weighted by atomic mass is 9.41. The van der Waals surface area contributed by atoms with E-state index in [1.54, 1.807) is 0 Å². The van der Waals surface area contributed by atoms with E-state index < -0.39 is 6.10 Å². The summed E-state index contributed by atoms with van der Waals surface area (Å²) in [6.07, 6.45) is 12.9. The molecule has 7 heteroatoms. The monoisotopic (exact) mass is 611 g/mol. The molecule has 4 unspecified atom stereocenters. The van der Waals surface area contributed by atoms with E-state index in [1.165, 1.54) is 51.4 Å². The van der Waals surface area contributed by atoms with Gasteiger partial charge in [-0.05, 0) is 115 Å². The van der Waals surface area contributed by atoms with E-state index in [0.717, 1.165) is 19.1 Å². The van der Waals surface area contributed by atoms with E-state index in [2.05, 4.69) is 34.6 Å². The molecule has 2 aliphatic heterocycles. The molecular weight excluding hydrogens is 554 g/mol. The fourth-order valence-corrected chi connectivity index (χ4v) is 13.7. The van der Waals surface area contributed by atoms with Crippen LogP contribution in [0.25, 0.3) is 0 Å². The van der Waals surface area contributed by atoms with Gasteiger partial charge < -0.3 is 29.0 Å². The van der Waals surface area contributed by atoms with Crippen molar-refractivity contribution in [3.63, 3.8) is 0 Å². The summed E-state index contributed by atoms with van der Waals surface area (Å²) in [5.41, 5.74) is 0.540. The van der Waals surface area contributed by atoms with Crippen LogP contribution < -0.4 is 0 Å². The van der Waals surface area contributed by atoms with Gasteiger partial charge in [0.05, 0.1) is 37.6 Å². The van der Waals surface area contributed by atoms with Crippen LogP contribution in [0.2, 0.25) is 0 Å². The standard InChI is InChI=1S/C37H57NO6/c1-22-18-24(11-16-39)43-31-30(22)34(4)13-14-37-21-36(37)12-10-27(33(2,3)25(36)8-9-26(37)35(34,5)32(31)41)44-29-20-38(15-17-42-29)28(40)19-23-6-7-23/h16,22-27,29-32,41H,6-15,17-21H2,1-5H3/t22-,24?,25+,26?,27+,29+,30+,31?,32+,34-,35-,36-,37?/m1/s1. The lowest BCUT2D eigenvalue weighted by molar-refractivity contribution is -0.248. The van der Waals surface area contributed by atoms with Crippen LogP contribution in [0.1, 0.15) is 112 Å². The fourth-order valence-electron chi connectivity index (χ4n) is 13.7. The molecule has 0 aromatic rings. The molecule has 8 fully saturated rings. The number of carbonyl (C=O) groups excluding carboxylic acids is 2. The molecular formula is C37H57NO6. The van der Waals surface area contributed by atoms with E-state index in [1.807, 2.05) is 4.90 Å². The van der Waals surface area contributed by atoms with Crippen LogP contribution in [-0.2, 0) is 23.8 Å². The number of aliphatic hydroxyl groups is 1. The Bertz CT molecular complexity index is 1190. The molecule has 13 atom stereocenters. The molecule has 0 aromatic heterocycles. The number of hydrogen-bond donors (Lipinski definition) is 1. The summed E-state index contributed by atoms with van der Waals surface area (Å²) in [6, 6.07) is 0. The number of rotatable bonds is 6. The van der Waals surface area contributed by atoms with Gasteiger partial charge in [0, 0.05) is 24.8 Å². The molecule has 0 bridgehead atoms. The molecule has 2 saturated heterocycles. The van der Waals surface area contributed by atoms with Gasteiger partial charge in [0.2, 0.25) is 5.91 Å². The highest BCUT2D eigenvalue weighted by molar-refractivity contribution is 5.76. The number of fused-ring (bicyclic) bond motifs is 4. The first-order valence-electron chi connectivity index (χ1n) is 18.2. The minimum atomic E-state index is -0.479. The minimum Gasteiger partial charge on any atom is -0.390 e. The summed E-state index contributed by atoms with van der Waals surface area (Å²) in [7, 11) is 0. The molecule has 2 heterocycles. The summed E-state index contributed by atoms with van der Waals surface area (Å²) < 4.78 is 19.6. The zero-order valence-electron chi connectivity index (χ0n) is 27.9. The average Bonchev–Trinajstić information content (AvgIpc) is 3.90. The maximum atomic E-state index is 12.9. The Morgan fingerprint density at radius 1 is 1.02 bits per heavy atom. The number of aldehydes is 1. The van der Waals surface area contributed by atoms with Crippen LogP contribution in [0.3, 0.4) is 0 Å². The minimum absolute atomic E-state index is 0.0278. The molecule has 1 N–H and O–H groups in total. The van der Waals surface area contributed by atoms with Gasteiger partial charge in [-0.1, -0.05) is 34.6 Å². The number of amides is 1. The van der Waals surface area contributed by atoms with E-state index in [-0.39, 0.29) is 46.8 Å². The smallest absolute Gasteiger partial charge is 0.223 e. The summed E-state index contributed by atoms with van der Waals surface area (Å²) in [5, 5.41) is 12.3.